The van der Waals surface area contributed by atoms with Gasteiger partial charge in [0.2, 0.25) is 0 Å². The van der Waals surface area contributed by atoms with Gasteiger partial charge in [-0.2, -0.15) is 0 Å². The topological polar surface area (TPSA) is 38.0 Å². The molecule has 2 aromatic rings. The molecule has 1 aliphatic rings. The molecule has 0 spiro atoms. The summed E-state index contributed by atoms with van der Waals surface area (Å²) in [5.74, 6) is 5.41. The van der Waals surface area contributed by atoms with Gasteiger partial charge in [0.15, 0.2) is 0 Å². The van der Waals surface area contributed by atoms with Gasteiger partial charge in [-0.3, -0.25) is 5.84 Å². The molecule has 2 nitrogen and oxygen atoms in total. The normalized spacial score (nSPS) is 15.5. The lowest BCUT2D eigenvalue weighted by atomic mass is 10.0. The quantitative estimate of drug-likeness (QED) is 0.660. The lowest BCUT2D eigenvalue weighted by molar-refractivity contribution is 0.563. The Hall–Kier alpha value is -0.750. The van der Waals surface area contributed by atoms with E-state index in [2.05, 4.69) is 27.4 Å². The van der Waals surface area contributed by atoms with Crippen LogP contribution in [-0.2, 0) is 12.8 Å². The van der Waals surface area contributed by atoms with Crippen LogP contribution in [0.5, 0.6) is 0 Å². The van der Waals surface area contributed by atoms with E-state index >= 15 is 0 Å². The second-order valence-corrected chi connectivity index (χ2v) is 6.80. The van der Waals surface area contributed by atoms with Crippen LogP contribution in [-0.4, -0.2) is 0 Å². The van der Waals surface area contributed by atoms with E-state index in [-0.39, 0.29) is 11.9 Å². The molecule has 0 radical (unpaired) electrons. The van der Waals surface area contributed by atoms with E-state index in [9.17, 15) is 4.39 Å². The maximum Gasteiger partial charge on any atom is 0.128 e. The molecule has 1 aromatic heterocycles. The Morgan fingerprint density at radius 3 is 2.89 bits per heavy atom. The van der Waals surface area contributed by atoms with E-state index in [4.69, 9.17) is 5.84 Å². The SMILES string of the molecule is NNC(c1cc2c(s1)CCC2)c1cc(Br)ccc1F. The summed E-state index contributed by atoms with van der Waals surface area (Å²) in [6.07, 6.45) is 3.50. The van der Waals surface area contributed by atoms with E-state index in [1.54, 1.807) is 23.5 Å². The van der Waals surface area contributed by atoms with Crippen LogP contribution in [0.3, 0.4) is 0 Å². The average molecular weight is 341 g/mol. The van der Waals surface area contributed by atoms with Crippen molar-refractivity contribution in [2.24, 2.45) is 5.84 Å². The van der Waals surface area contributed by atoms with E-state index < -0.39 is 0 Å². The summed E-state index contributed by atoms with van der Waals surface area (Å²) in [4.78, 5) is 2.51. The largest absolute Gasteiger partial charge is 0.271 e. The first-order valence-electron chi connectivity index (χ1n) is 6.21. The minimum atomic E-state index is -0.284. The maximum atomic E-state index is 14.0. The molecule has 0 bridgehead atoms. The third-order valence-electron chi connectivity index (χ3n) is 3.49. The molecule has 100 valence electrons. The number of fused-ring (bicyclic) bond motifs is 1. The highest BCUT2D eigenvalue weighted by Crippen LogP contribution is 2.36. The zero-order chi connectivity index (χ0) is 13.4. The lowest BCUT2D eigenvalue weighted by Gasteiger charge is -2.16. The van der Waals surface area contributed by atoms with Crippen molar-refractivity contribution in [1.82, 2.24) is 5.43 Å². The van der Waals surface area contributed by atoms with Crippen molar-refractivity contribution in [3.63, 3.8) is 0 Å². The molecule has 1 heterocycles. The number of halogens is 2. The molecule has 0 amide bonds. The zero-order valence-corrected chi connectivity index (χ0v) is 12.7. The van der Waals surface area contributed by atoms with Gasteiger partial charge in [-0.05, 0) is 49.1 Å². The van der Waals surface area contributed by atoms with E-state index in [1.807, 2.05) is 0 Å². The molecule has 1 aromatic carbocycles. The number of nitrogens with two attached hydrogens (primary N) is 1. The summed E-state index contributed by atoms with van der Waals surface area (Å²) in [7, 11) is 0. The number of rotatable bonds is 3. The third kappa shape index (κ3) is 2.48. The van der Waals surface area contributed by atoms with Crippen LogP contribution in [0.1, 0.15) is 33.3 Å². The predicted octanol–water partition coefficient (Wildman–Crippen LogP) is 3.69. The number of hydrogen-bond donors (Lipinski definition) is 2. The standard InChI is InChI=1S/C14H14BrFN2S/c15-9-4-5-11(16)10(7-9)14(18-17)13-6-8-2-1-3-12(8)19-13/h4-7,14,18H,1-3,17H2. The van der Waals surface area contributed by atoms with E-state index in [1.165, 1.54) is 22.9 Å². The molecule has 1 unspecified atom stereocenters. The molecular formula is C14H14BrFN2S. The van der Waals surface area contributed by atoms with Gasteiger partial charge >= 0.3 is 0 Å². The fourth-order valence-corrected chi connectivity index (χ4v) is 4.27. The van der Waals surface area contributed by atoms with Crippen molar-refractivity contribution in [2.75, 3.05) is 0 Å². The molecule has 5 heteroatoms. The van der Waals surface area contributed by atoms with Gasteiger partial charge in [0, 0.05) is 19.8 Å². The van der Waals surface area contributed by atoms with Gasteiger partial charge in [-0.15, -0.1) is 11.3 Å². The second-order valence-electron chi connectivity index (χ2n) is 4.72. The summed E-state index contributed by atoms with van der Waals surface area (Å²) < 4.78 is 14.8. The Labute approximate surface area is 123 Å². The Kier molecular flexibility index (Phi) is 3.71. The van der Waals surface area contributed by atoms with Gasteiger partial charge in [0.05, 0.1) is 6.04 Å². The van der Waals surface area contributed by atoms with E-state index in [0.717, 1.165) is 22.2 Å². The molecule has 1 atom stereocenters. The van der Waals surface area contributed by atoms with Crippen LogP contribution in [0.15, 0.2) is 28.7 Å². The molecule has 3 N–H and O–H groups in total. The average Bonchev–Trinajstić information content (AvgIpc) is 2.95. The van der Waals surface area contributed by atoms with Gasteiger partial charge in [-0.25, -0.2) is 9.82 Å². The Morgan fingerprint density at radius 1 is 1.32 bits per heavy atom. The summed E-state index contributed by atoms with van der Waals surface area (Å²) >= 11 is 5.12. The predicted molar refractivity (Wildman–Crippen MR) is 79.6 cm³/mol. The fraction of sp³-hybridized carbons (Fsp3) is 0.286. The highest BCUT2D eigenvalue weighted by atomic mass is 79.9. The summed E-state index contributed by atoms with van der Waals surface area (Å²) in [6, 6.07) is 6.82. The monoisotopic (exact) mass is 340 g/mol. The van der Waals surface area contributed by atoms with Crippen molar-refractivity contribution in [1.29, 1.82) is 0 Å². The molecule has 3 rings (SSSR count). The Morgan fingerprint density at radius 2 is 2.16 bits per heavy atom. The van der Waals surface area contributed by atoms with Crippen LogP contribution in [0.25, 0.3) is 0 Å². The smallest absolute Gasteiger partial charge is 0.128 e. The van der Waals surface area contributed by atoms with Crippen molar-refractivity contribution in [3.8, 4) is 0 Å². The highest BCUT2D eigenvalue weighted by Gasteiger charge is 2.22. The molecule has 0 saturated heterocycles. The number of benzene rings is 1. The van der Waals surface area contributed by atoms with Crippen LogP contribution >= 0.6 is 27.3 Å². The van der Waals surface area contributed by atoms with Crippen molar-refractivity contribution < 1.29 is 4.39 Å². The minimum absolute atomic E-state index is 0.236. The van der Waals surface area contributed by atoms with Gasteiger partial charge in [-0.1, -0.05) is 15.9 Å². The van der Waals surface area contributed by atoms with Crippen molar-refractivity contribution >= 4 is 27.3 Å². The Bertz CT molecular complexity index is 590. The lowest BCUT2D eigenvalue weighted by Crippen LogP contribution is -2.29. The number of hydrazine groups is 1. The molecule has 0 aliphatic heterocycles. The fourth-order valence-electron chi connectivity index (χ4n) is 2.56. The summed E-state index contributed by atoms with van der Waals surface area (Å²) in [5, 5.41) is 0. The molecule has 19 heavy (non-hydrogen) atoms. The van der Waals surface area contributed by atoms with Crippen LogP contribution in [0.4, 0.5) is 4.39 Å². The van der Waals surface area contributed by atoms with Gasteiger partial charge in [0.25, 0.3) is 0 Å². The van der Waals surface area contributed by atoms with E-state index in [0.29, 0.717) is 5.56 Å². The first kappa shape index (κ1) is 13.2. The highest BCUT2D eigenvalue weighted by molar-refractivity contribution is 9.10. The van der Waals surface area contributed by atoms with Crippen LogP contribution < -0.4 is 11.3 Å². The van der Waals surface area contributed by atoms with Gasteiger partial charge < -0.3 is 0 Å². The molecule has 0 fully saturated rings. The number of thiophene rings is 1. The van der Waals surface area contributed by atoms with Crippen LogP contribution in [0, 0.1) is 5.82 Å². The first-order chi connectivity index (χ1) is 9.19. The van der Waals surface area contributed by atoms with Crippen LogP contribution in [0.2, 0.25) is 0 Å². The number of aryl methyl sites for hydroxylation is 2. The molecular weight excluding hydrogens is 327 g/mol. The summed E-state index contributed by atoms with van der Waals surface area (Å²) in [5.41, 5.74) is 4.72. The van der Waals surface area contributed by atoms with Crippen molar-refractivity contribution in [3.05, 3.63) is 55.4 Å². The maximum absolute atomic E-state index is 14.0. The zero-order valence-electron chi connectivity index (χ0n) is 10.2. The molecule has 0 saturated carbocycles. The van der Waals surface area contributed by atoms with Gasteiger partial charge in [0.1, 0.15) is 5.82 Å². The second kappa shape index (κ2) is 5.32. The summed E-state index contributed by atoms with van der Waals surface area (Å²) in [6.45, 7) is 0. The number of hydrogen-bond acceptors (Lipinski definition) is 3. The Balaban J connectivity index is 2.01. The van der Waals surface area contributed by atoms with Crippen molar-refractivity contribution in [2.45, 2.75) is 25.3 Å². The minimum Gasteiger partial charge on any atom is -0.271 e. The third-order valence-corrected chi connectivity index (χ3v) is 5.28. The first-order valence-corrected chi connectivity index (χ1v) is 7.82. The number of nitrogens with one attached hydrogen (secondary N) is 1. The molecule has 1 aliphatic carbocycles.